The number of ether oxygens (including phenoxy) is 1. The molecule has 0 bridgehead atoms. The van der Waals surface area contributed by atoms with Gasteiger partial charge in [0.15, 0.2) is 0 Å². The van der Waals surface area contributed by atoms with Crippen LogP contribution in [0.3, 0.4) is 0 Å². The fraction of sp³-hybridized carbons (Fsp3) is 0.571. The molecule has 1 heterocycles. The molecule has 18 heavy (non-hydrogen) atoms. The molecule has 4 heteroatoms. The second-order valence-corrected chi connectivity index (χ2v) is 5.06. The van der Waals surface area contributed by atoms with Gasteiger partial charge in [0, 0.05) is 24.1 Å². The summed E-state index contributed by atoms with van der Waals surface area (Å²) in [4.78, 5) is 2.38. The van der Waals surface area contributed by atoms with E-state index in [9.17, 15) is 0 Å². The molecule has 102 valence electrons. The molecule has 0 aromatic heterocycles. The monoisotopic (exact) mass is 314 g/mol. The molecule has 3 nitrogen and oxygen atoms in total. The van der Waals surface area contributed by atoms with Crippen molar-refractivity contribution in [3.8, 4) is 0 Å². The maximum atomic E-state index is 6.06. The molecule has 1 aliphatic heterocycles. The van der Waals surface area contributed by atoms with Crippen LogP contribution in [0.25, 0.3) is 0 Å². The lowest BCUT2D eigenvalue weighted by atomic mass is 10.1. The second kappa shape index (κ2) is 7.77. The Morgan fingerprint density at radius 3 is 2.50 bits per heavy atom. The van der Waals surface area contributed by atoms with Crippen molar-refractivity contribution in [2.24, 2.45) is 0 Å². The molecular formula is C14H23BrN2O. The van der Waals surface area contributed by atoms with Gasteiger partial charge in [0.05, 0.1) is 18.9 Å². The summed E-state index contributed by atoms with van der Waals surface area (Å²) in [6, 6.07) is 4.22. The van der Waals surface area contributed by atoms with E-state index in [0.29, 0.717) is 0 Å². The smallest absolute Gasteiger partial charge is 0.0594 e. The van der Waals surface area contributed by atoms with Crippen LogP contribution in [0.2, 0.25) is 0 Å². The zero-order chi connectivity index (χ0) is 13.5. The molecule has 1 saturated heterocycles. The van der Waals surface area contributed by atoms with Gasteiger partial charge in [-0.05, 0) is 40.0 Å². The van der Waals surface area contributed by atoms with Crippen molar-refractivity contribution < 1.29 is 4.74 Å². The van der Waals surface area contributed by atoms with Gasteiger partial charge in [0.2, 0.25) is 0 Å². The largest absolute Gasteiger partial charge is 0.398 e. The van der Waals surface area contributed by atoms with Crippen LogP contribution in [-0.2, 0) is 11.3 Å². The number of hydrogen-bond acceptors (Lipinski definition) is 3. The SMILES string of the molecule is CC.Cc1cc(Br)c(N)c(CN2CCOCC2)c1. The number of halogens is 1. The number of hydrogen-bond donors (Lipinski definition) is 1. The number of rotatable bonds is 2. The molecule has 0 atom stereocenters. The Kier molecular flexibility index (Phi) is 6.68. The van der Waals surface area contributed by atoms with Crippen molar-refractivity contribution in [3.63, 3.8) is 0 Å². The zero-order valence-corrected chi connectivity index (χ0v) is 13.1. The Bertz CT molecular complexity index is 376. The van der Waals surface area contributed by atoms with Crippen LogP contribution < -0.4 is 5.73 Å². The molecule has 1 aliphatic rings. The third-order valence-electron chi connectivity index (χ3n) is 2.86. The summed E-state index contributed by atoms with van der Waals surface area (Å²) < 4.78 is 6.33. The highest BCUT2D eigenvalue weighted by atomic mass is 79.9. The van der Waals surface area contributed by atoms with Crippen LogP contribution in [0.15, 0.2) is 16.6 Å². The summed E-state index contributed by atoms with van der Waals surface area (Å²) >= 11 is 3.49. The van der Waals surface area contributed by atoms with Gasteiger partial charge in [-0.3, -0.25) is 4.90 Å². The molecule has 0 unspecified atom stereocenters. The van der Waals surface area contributed by atoms with Gasteiger partial charge in [-0.2, -0.15) is 0 Å². The average molecular weight is 315 g/mol. The highest BCUT2D eigenvalue weighted by Crippen LogP contribution is 2.26. The van der Waals surface area contributed by atoms with Gasteiger partial charge < -0.3 is 10.5 Å². The first-order valence-electron chi connectivity index (χ1n) is 6.51. The Balaban J connectivity index is 0.000000771. The van der Waals surface area contributed by atoms with E-state index in [4.69, 9.17) is 10.5 Å². The van der Waals surface area contributed by atoms with Crippen molar-refractivity contribution in [1.82, 2.24) is 4.90 Å². The van der Waals surface area contributed by atoms with Gasteiger partial charge >= 0.3 is 0 Å². The number of nitrogen functional groups attached to an aromatic ring is 1. The van der Waals surface area contributed by atoms with E-state index in [1.807, 2.05) is 13.8 Å². The molecule has 0 radical (unpaired) electrons. The molecular weight excluding hydrogens is 292 g/mol. The van der Waals surface area contributed by atoms with E-state index in [2.05, 4.69) is 39.9 Å². The molecule has 0 amide bonds. The number of anilines is 1. The van der Waals surface area contributed by atoms with Crippen LogP contribution in [0.1, 0.15) is 25.0 Å². The second-order valence-electron chi connectivity index (χ2n) is 4.21. The molecule has 2 rings (SSSR count). The quantitative estimate of drug-likeness (QED) is 0.852. The van der Waals surface area contributed by atoms with Crippen molar-refractivity contribution in [1.29, 1.82) is 0 Å². The highest BCUT2D eigenvalue weighted by molar-refractivity contribution is 9.10. The van der Waals surface area contributed by atoms with Gasteiger partial charge in [-0.1, -0.05) is 19.9 Å². The van der Waals surface area contributed by atoms with Crippen LogP contribution in [0.4, 0.5) is 5.69 Å². The Labute approximate surface area is 118 Å². The fourth-order valence-electron chi connectivity index (χ4n) is 1.96. The zero-order valence-electron chi connectivity index (χ0n) is 11.5. The number of nitrogens with two attached hydrogens (primary N) is 1. The van der Waals surface area contributed by atoms with Crippen LogP contribution in [-0.4, -0.2) is 31.2 Å². The first-order valence-corrected chi connectivity index (χ1v) is 7.30. The minimum Gasteiger partial charge on any atom is -0.398 e. The molecule has 0 spiro atoms. The highest BCUT2D eigenvalue weighted by Gasteiger charge is 2.13. The predicted molar refractivity (Wildman–Crippen MR) is 80.7 cm³/mol. The molecule has 0 saturated carbocycles. The van der Waals surface area contributed by atoms with Gasteiger partial charge in [-0.25, -0.2) is 0 Å². The van der Waals surface area contributed by atoms with Crippen LogP contribution in [0, 0.1) is 6.92 Å². The van der Waals surface area contributed by atoms with E-state index < -0.39 is 0 Å². The molecule has 1 aromatic rings. The molecule has 1 aromatic carbocycles. The summed E-state index contributed by atoms with van der Waals surface area (Å²) in [6.07, 6.45) is 0. The summed E-state index contributed by atoms with van der Waals surface area (Å²) in [5, 5.41) is 0. The van der Waals surface area contributed by atoms with E-state index in [1.54, 1.807) is 0 Å². The van der Waals surface area contributed by atoms with E-state index in [0.717, 1.165) is 43.0 Å². The average Bonchev–Trinajstić information content (AvgIpc) is 2.39. The first kappa shape index (κ1) is 15.5. The third-order valence-corrected chi connectivity index (χ3v) is 3.51. The van der Waals surface area contributed by atoms with Gasteiger partial charge in [0.1, 0.15) is 0 Å². The summed E-state index contributed by atoms with van der Waals surface area (Å²) in [5.74, 6) is 0. The van der Waals surface area contributed by atoms with Crippen LogP contribution in [0.5, 0.6) is 0 Å². The standard InChI is InChI=1S/C12H17BrN2O.C2H6/c1-9-6-10(12(14)11(13)7-9)8-15-2-4-16-5-3-15;1-2/h6-7H,2-5,8,14H2,1H3;1-2H3. The van der Waals surface area contributed by atoms with E-state index in [-0.39, 0.29) is 0 Å². The summed E-state index contributed by atoms with van der Waals surface area (Å²) in [6.45, 7) is 10.6. The molecule has 0 aliphatic carbocycles. The van der Waals surface area contributed by atoms with Crippen molar-refractivity contribution in [3.05, 3.63) is 27.7 Å². The lowest BCUT2D eigenvalue weighted by Crippen LogP contribution is -2.35. The minimum absolute atomic E-state index is 0.826. The topological polar surface area (TPSA) is 38.5 Å². The minimum atomic E-state index is 0.826. The van der Waals surface area contributed by atoms with E-state index in [1.165, 1.54) is 11.1 Å². The Hall–Kier alpha value is -0.580. The summed E-state index contributed by atoms with van der Waals surface area (Å²) in [7, 11) is 0. The van der Waals surface area contributed by atoms with Gasteiger partial charge in [0.25, 0.3) is 0 Å². The van der Waals surface area contributed by atoms with E-state index >= 15 is 0 Å². The normalized spacial score (nSPS) is 16.0. The van der Waals surface area contributed by atoms with Crippen molar-refractivity contribution in [2.75, 3.05) is 32.0 Å². The van der Waals surface area contributed by atoms with Crippen molar-refractivity contribution >= 4 is 21.6 Å². The van der Waals surface area contributed by atoms with Gasteiger partial charge in [-0.15, -0.1) is 0 Å². The summed E-state index contributed by atoms with van der Waals surface area (Å²) in [5.41, 5.74) is 9.36. The Morgan fingerprint density at radius 1 is 1.28 bits per heavy atom. The number of nitrogens with zero attached hydrogens (tertiary/aromatic N) is 1. The number of morpholine rings is 1. The Morgan fingerprint density at radius 2 is 1.89 bits per heavy atom. The fourth-order valence-corrected chi connectivity index (χ4v) is 2.57. The maximum Gasteiger partial charge on any atom is 0.0594 e. The van der Waals surface area contributed by atoms with Crippen LogP contribution >= 0.6 is 15.9 Å². The molecule has 2 N–H and O–H groups in total. The molecule has 1 fully saturated rings. The third kappa shape index (κ3) is 4.26. The maximum absolute atomic E-state index is 6.06. The first-order chi connectivity index (χ1) is 8.66. The number of aryl methyl sites for hydroxylation is 1. The predicted octanol–water partition coefficient (Wildman–Crippen LogP) is 3.20. The van der Waals surface area contributed by atoms with Crippen molar-refractivity contribution in [2.45, 2.75) is 27.3 Å². The lowest BCUT2D eigenvalue weighted by molar-refractivity contribution is 0.0342. The number of benzene rings is 1. The lowest BCUT2D eigenvalue weighted by Gasteiger charge is -2.27.